The Bertz CT molecular complexity index is 1240. The third-order valence-corrected chi connectivity index (χ3v) is 6.31. The number of hydrogen-bond donors (Lipinski definition) is 2. The topological polar surface area (TPSA) is 113 Å². The number of hydrogen-bond acceptors (Lipinski definition) is 8. The minimum Gasteiger partial charge on any atom is -0.462 e. The van der Waals surface area contributed by atoms with Crippen molar-refractivity contribution >= 4 is 34.8 Å². The molecule has 11 nitrogen and oxygen atoms in total. The fourth-order valence-corrected chi connectivity index (χ4v) is 4.17. The fraction of sp³-hybridized carbons (Fsp3) is 0.417. The molecule has 1 aromatic carbocycles. The zero-order valence-electron chi connectivity index (χ0n) is 20.6. The first kappa shape index (κ1) is 25.7. The number of aryl methyl sites for hydroxylation is 1. The monoisotopic (exact) mass is 515 g/mol. The molecule has 1 aliphatic rings. The molecule has 1 aliphatic heterocycles. The van der Waals surface area contributed by atoms with Crippen molar-refractivity contribution in [3.63, 3.8) is 0 Å². The van der Waals surface area contributed by atoms with Crippen LogP contribution < -0.4 is 15.4 Å². The summed E-state index contributed by atoms with van der Waals surface area (Å²) < 4.78 is 12.6. The number of urea groups is 1. The standard InChI is InChI=1S/C24H30ClN7O4/c1-4-35-23(33)18-14-32-21(16(18)2)22(27-15-28-32)36-17-5-6-20(19(25)13-17)29-24(34)26-7-8-31-11-9-30(3)10-12-31/h5-6,13-15H,4,7-12H2,1-3H3,(H2,26,29,34). The molecular weight excluding hydrogens is 486 g/mol. The molecule has 36 heavy (non-hydrogen) atoms. The zero-order chi connectivity index (χ0) is 25.7. The summed E-state index contributed by atoms with van der Waals surface area (Å²) in [5, 5.41) is 10.1. The minimum absolute atomic E-state index is 0.261. The fourth-order valence-electron chi connectivity index (χ4n) is 3.95. The average Bonchev–Trinajstić information content (AvgIpc) is 3.20. The quantitative estimate of drug-likeness (QED) is 0.440. The van der Waals surface area contributed by atoms with Crippen LogP contribution in [0.3, 0.4) is 0 Å². The van der Waals surface area contributed by atoms with Crippen molar-refractivity contribution in [1.82, 2.24) is 29.7 Å². The molecule has 2 aromatic heterocycles. The summed E-state index contributed by atoms with van der Waals surface area (Å²) in [6, 6.07) is 4.59. The van der Waals surface area contributed by atoms with E-state index in [1.807, 2.05) is 0 Å². The van der Waals surface area contributed by atoms with E-state index >= 15 is 0 Å². The van der Waals surface area contributed by atoms with Crippen LogP contribution in [0.2, 0.25) is 5.02 Å². The number of fused-ring (bicyclic) bond motifs is 1. The molecule has 192 valence electrons. The SMILES string of the molecule is CCOC(=O)c1cn2ncnc(Oc3ccc(NC(=O)NCCN4CCN(C)CC4)c(Cl)c3)c2c1C. The third-order valence-electron chi connectivity index (χ3n) is 6.00. The van der Waals surface area contributed by atoms with E-state index < -0.39 is 5.97 Å². The summed E-state index contributed by atoms with van der Waals surface area (Å²) in [6.07, 6.45) is 2.92. The first-order valence-electron chi connectivity index (χ1n) is 11.8. The maximum absolute atomic E-state index is 12.3. The number of ether oxygens (including phenoxy) is 2. The van der Waals surface area contributed by atoms with E-state index in [-0.39, 0.29) is 18.5 Å². The van der Waals surface area contributed by atoms with Gasteiger partial charge < -0.3 is 25.0 Å². The molecule has 0 aliphatic carbocycles. The Morgan fingerprint density at radius 2 is 1.97 bits per heavy atom. The van der Waals surface area contributed by atoms with E-state index in [0.717, 1.165) is 32.7 Å². The van der Waals surface area contributed by atoms with Gasteiger partial charge in [-0.15, -0.1) is 0 Å². The van der Waals surface area contributed by atoms with Crippen LogP contribution in [0, 0.1) is 6.92 Å². The first-order valence-corrected chi connectivity index (χ1v) is 12.2. The van der Waals surface area contributed by atoms with E-state index in [1.54, 1.807) is 38.2 Å². The molecule has 2 amide bonds. The summed E-state index contributed by atoms with van der Waals surface area (Å²) >= 11 is 6.40. The maximum atomic E-state index is 12.3. The zero-order valence-corrected chi connectivity index (χ0v) is 21.3. The molecule has 12 heteroatoms. The molecule has 1 saturated heterocycles. The van der Waals surface area contributed by atoms with E-state index in [2.05, 4.69) is 37.6 Å². The second-order valence-corrected chi connectivity index (χ2v) is 8.92. The molecule has 0 unspecified atom stereocenters. The van der Waals surface area contributed by atoms with Crippen LogP contribution in [0.4, 0.5) is 10.5 Å². The Morgan fingerprint density at radius 1 is 1.19 bits per heavy atom. The van der Waals surface area contributed by atoms with Crippen LogP contribution in [-0.4, -0.2) is 89.3 Å². The maximum Gasteiger partial charge on any atom is 0.340 e. The second-order valence-electron chi connectivity index (χ2n) is 8.52. The predicted octanol–water partition coefficient (Wildman–Crippen LogP) is 3.03. The highest BCUT2D eigenvalue weighted by atomic mass is 35.5. The molecular formula is C24H30ClN7O4. The lowest BCUT2D eigenvalue weighted by Gasteiger charge is -2.32. The Balaban J connectivity index is 1.38. The lowest BCUT2D eigenvalue weighted by atomic mass is 10.2. The molecule has 0 radical (unpaired) electrons. The molecule has 2 N–H and O–H groups in total. The summed E-state index contributed by atoms with van der Waals surface area (Å²) in [6.45, 7) is 9.21. The smallest absolute Gasteiger partial charge is 0.340 e. The predicted molar refractivity (Wildman–Crippen MR) is 136 cm³/mol. The van der Waals surface area contributed by atoms with Gasteiger partial charge in [-0.05, 0) is 38.6 Å². The number of carbonyl (C=O) groups excluding carboxylic acids is 2. The molecule has 3 heterocycles. The van der Waals surface area contributed by atoms with Crippen LogP contribution in [0.1, 0.15) is 22.8 Å². The summed E-state index contributed by atoms with van der Waals surface area (Å²) in [5.74, 6) is 0.239. The van der Waals surface area contributed by atoms with Crippen molar-refractivity contribution in [1.29, 1.82) is 0 Å². The average molecular weight is 516 g/mol. The highest BCUT2D eigenvalue weighted by Crippen LogP contribution is 2.32. The van der Waals surface area contributed by atoms with Crippen LogP contribution in [0.25, 0.3) is 5.52 Å². The van der Waals surface area contributed by atoms with Gasteiger partial charge in [0.25, 0.3) is 0 Å². The van der Waals surface area contributed by atoms with Crippen molar-refractivity contribution in [3.05, 3.63) is 46.9 Å². The van der Waals surface area contributed by atoms with Gasteiger partial charge in [-0.25, -0.2) is 14.1 Å². The molecule has 4 rings (SSSR count). The van der Waals surface area contributed by atoms with Gasteiger partial charge in [-0.1, -0.05) is 11.6 Å². The van der Waals surface area contributed by atoms with E-state index in [1.165, 1.54) is 10.8 Å². The number of halogens is 1. The van der Waals surface area contributed by atoms with E-state index in [4.69, 9.17) is 21.1 Å². The number of anilines is 1. The third kappa shape index (κ3) is 6.04. The Hall–Kier alpha value is -3.41. The Kier molecular flexibility index (Phi) is 8.24. The van der Waals surface area contributed by atoms with Crippen LogP contribution in [-0.2, 0) is 4.74 Å². The number of rotatable bonds is 8. The van der Waals surface area contributed by atoms with Crippen LogP contribution in [0.5, 0.6) is 11.6 Å². The summed E-state index contributed by atoms with van der Waals surface area (Å²) in [5.41, 5.74) is 2.02. The highest BCUT2D eigenvalue weighted by Gasteiger charge is 2.20. The molecule has 0 saturated carbocycles. The van der Waals surface area contributed by atoms with Crippen molar-refractivity contribution in [2.45, 2.75) is 13.8 Å². The molecule has 0 spiro atoms. The van der Waals surface area contributed by atoms with Gasteiger partial charge in [-0.3, -0.25) is 4.90 Å². The number of aromatic nitrogens is 3. The van der Waals surface area contributed by atoms with Crippen molar-refractivity contribution < 1.29 is 19.1 Å². The Labute approximate surface area is 214 Å². The summed E-state index contributed by atoms with van der Waals surface area (Å²) in [4.78, 5) is 33.4. The highest BCUT2D eigenvalue weighted by molar-refractivity contribution is 6.33. The minimum atomic E-state index is -0.438. The lowest BCUT2D eigenvalue weighted by Crippen LogP contribution is -2.47. The number of nitrogens with zero attached hydrogens (tertiary/aromatic N) is 5. The second kappa shape index (κ2) is 11.5. The van der Waals surface area contributed by atoms with Gasteiger partial charge in [0.05, 0.1) is 22.9 Å². The van der Waals surface area contributed by atoms with Gasteiger partial charge in [0.1, 0.15) is 17.6 Å². The van der Waals surface area contributed by atoms with Crippen LogP contribution >= 0.6 is 11.6 Å². The normalized spacial score (nSPS) is 14.6. The van der Waals surface area contributed by atoms with Crippen molar-refractivity contribution in [2.24, 2.45) is 0 Å². The molecule has 3 aromatic rings. The number of nitrogens with one attached hydrogen (secondary N) is 2. The number of esters is 1. The Morgan fingerprint density at radius 3 is 2.69 bits per heavy atom. The first-order chi connectivity index (χ1) is 17.4. The van der Waals surface area contributed by atoms with Gasteiger partial charge in [0.15, 0.2) is 0 Å². The number of piperazine rings is 1. The van der Waals surface area contributed by atoms with Crippen molar-refractivity contribution in [3.8, 4) is 11.6 Å². The molecule has 1 fully saturated rings. The van der Waals surface area contributed by atoms with Gasteiger partial charge in [-0.2, -0.15) is 10.1 Å². The lowest BCUT2D eigenvalue weighted by molar-refractivity contribution is 0.0525. The van der Waals surface area contributed by atoms with Gasteiger partial charge in [0, 0.05) is 51.5 Å². The molecule has 0 atom stereocenters. The van der Waals surface area contributed by atoms with Gasteiger partial charge in [0.2, 0.25) is 5.88 Å². The largest absolute Gasteiger partial charge is 0.462 e. The number of carbonyl (C=O) groups is 2. The summed E-state index contributed by atoms with van der Waals surface area (Å²) in [7, 11) is 2.11. The van der Waals surface area contributed by atoms with Crippen LogP contribution in [0.15, 0.2) is 30.7 Å². The number of likely N-dealkylation sites (N-methyl/N-ethyl adjacent to an activating group) is 1. The van der Waals surface area contributed by atoms with Crippen molar-refractivity contribution in [2.75, 3.05) is 58.2 Å². The number of benzene rings is 1. The number of amides is 2. The van der Waals surface area contributed by atoms with E-state index in [0.29, 0.717) is 39.6 Å². The van der Waals surface area contributed by atoms with Gasteiger partial charge >= 0.3 is 12.0 Å². The molecule has 0 bridgehead atoms. The van der Waals surface area contributed by atoms with E-state index in [9.17, 15) is 9.59 Å².